The summed E-state index contributed by atoms with van der Waals surface area (Å²) in [5.74, 6) is 0.460. The van der Waals surface area contributed by atoms with Crippen molar-refractivity contribution >= 4 is 5.91 Å². The van der Waals surface area contributed by atoms with E-state index >= 15 is 0 Å². The Hall–Kier alpha value is -2.55. The van der Waals surface area contributed by atoms with Crippen LogP contribution in [0.25, 0.3) is 0 Å². The van der Waals surface area contributed by atoms with E-state index in [-0.39, 0.29) is 23.3 Å². The van der Waals surface area contributed by atoms with Gasteiger partial charge in [0, 0.05) is 19.0 Å². The van der Waals surface area contributed by atoms with Gasteiger partial charge in [-0.2, -0.15) is 13.2 Å². The topological polar surface area (TPSA) is 75.8 Å². The van der Waals surface area contributed by atoms with Crippen molar-refractivity contribution < 1.29 is 32.2 Å². The van der Waals surface area contributed by atoms with Crippen LogP contribution in [0.2, 0.25) is 0 Å². The summed E-state index contributed by atoms with van der Waals surface area (Å²) in [4.78, 5) is 19.3. The Bertz CT molecular complexity index is 918. The molecule has 1 fully saturated rings. The van der Waals surface area contributed by atoms with Gasteiger partial charge in [-0.15, -0.1) is 0 Å². The fourth-order valence-corrected chi connectivity index (χ4v) is 3.87. The van der Waals surface area contributed by atoms with E-state index in [1.54, 1.807) is 31.7 Å². The van der Waals surface area contributed by atoms with Crippen molar-refractivity contribution in [3.63, 3.8) is 0 Å². The Morgan fingerprint density at radius 2 is 2.00 bits per heavy atom. The average molecular weight is 440 g/mol. The zero-order valence-electron chi connectivity index (χ0n) is 17.8. The first-order valence-electron chi connectivity index (χ1n) is 10.2. The molecule has 0 spiro atoms. The Morgan fingerprint density at radius 1 is 1.29 bits per heavy atom. The molecule has 170 valence electrons. The molecule has 1 saturated heterocycles. The van der Waals surface area contributed by atoms with Crippen molar-refractivity contribution in [3.05, 3.63) is 47.2 Å². The summed E-state index contributed by atoms with van der Waals surface area (Å²) in [6.07, 6.45) is -1.71. The minimum Gasteiger partial charge on any atom is -0.483 e. The maximum absolute atomic E-state index is 13.3. The van der Waals surface area contributed by atoms with Crippen molar-refractivity contribution in [3.8, 4) is 5.75 Å². The summed E-state index contributed by atoms with van der Waals surface area (Å²) in [6.45, 7) is 3.99. The van der Waals surface area contributed by atoms with Crippen molar-refractivity contribution in [2.45, 2.75) is 64.3 Å². The van der Waals surface area contributed by atoms with Gasteiger partial charge in [-0.3, -0.25) is 4.79 Å². The number of oxazole rings is 1. The highest BCUT2D eigenvalue weighted by molar-refractivity contribution is 5.97. The van der Waals surface area contributed by atoms with E-state index in [9.17, 15) is 23.1 Å². The van der Waals surface area contributed by atoms with Crippen molar-refractivity contribution in [2.75, 3.05) is 13.2 Å². The number of rotatable bonds is 6. The van der Waals surface area contributed by atoms with Crippen molar-refractivity contribution in [2.24, 2.45) is 0 Å². The molecule has 9 heteroatoms. The molecule has 0 unspecified atom stereocenters. The van der Waals surface area contributed by atoms with Gasteiger partial charge in [0.25, 0.3) is 5.91 Å². The van der Waals surface area contributed by atoms with Gasteiger partial charge < -0.3 is 19.2 Å². The summed E-state index contributed by atoms with van der Waals surface area (Å²) >= 11 is 0. The minimum absolute atomic E-state index is 0.0922. The van der Waals surface area contributed by atoms with E-state index < -0.39 is 18.4 Å². The summed E-state index contributed by atoms with van der Waals surface area (Å²) in [6, 6.07) is 5.75. The fourth-order valence-electron chi connectivity index (χ4n) is 3.87. The molecule has 31 heavy (non-hydrogen) atoms. The number of benzene rings is 1. The predicted molar refractivity (Wildman–Crippen MR) is 107 cm³/mol. The number of para-hydroxylation sites is 1. The van der Waals surface area contributed by atoms with E-state index in [0.29, 0.717) is 30.3 Å². The van der Waals surface area contributed by atoms with Gasteiger partial charge in [0.2, 0.25) is 0 Å². The zero-order valence-corrected chi connectivity index (χ0v) is 17.8. The number of aliphatic hydroxyl groups is 1. The molecule has 2 heterocycles. The van der Waals surface area contributed by atoms with Crippen LogP contribution in [-0.2, 0) is 12.0 Å². The molecule has 6 nitrogen and oxygen atoms in total. The molecule has 0 bridgehead atoms. The molecule has 0 radical (unpaired) electrons. The number of aromatic nitrogens is 1. The monoisotopic (exact) mass is 440 g/mol. The molecule has 0 saturated carbocycles. The van der Waals surface area contributed by atoms with E-state index in [2.05, 4.69) is 4.98 Å². The van der Waals surface area contributed by atoms with Crippen LogP contribution >= 0.6 is 0 Å². The molecule has 1 aromatic carbocycles. The maximum Gasteiger partial charge on any atom is 0.422 e. The smallest absolute Gasteiger partial charge is 0.422 e. The molecule has 1 N–H and O–H groups in total. The summed E-state index contributed by atoms with van der Waals surface area (Å²) < 4.78 is 48.4. The second-order valence-electron chi connectivity index (χ2n) is 8.32. The van der Waals surface area contributed by atoms with Crippen LogP contribution in [0.3, 0.4) is 0 Å². The Labute approximate surface area is 179 Å². The SMILES string of the molecule is Cc1oc(C[C@H]2CCCCN2C(=O)c2ccccc2OCC(F)(F)F)nc1C(C)(C)O. The molecule has 1 amide bonds. The lowest BCUT2D eigenvalue weighted by molar-refractivity contribution is -0.153. The third kappa shape index (κ3) is 5.78. The van der Waals surface area contributed by atoms with Gasteiger partial charge in [-0.1, -0.05) is 12.1 Å². The van der Waals surface area contributed by atoms with Crippen LogP contribution in [0.5, 0.6) is 5.75 Å². The molecule has 1 aliphatic rings. The van der Waals surface area contributed by atoms with E-state index in [4.69, 9.17) is 9.15 Å². The van der Waals surface area contributed by atoms with Gasteiger partial charge in [-0.05, 0) is 52.2 Å². The number of carbonyl (C=O) groups excluding carboxylic acids is 1. The quantitative estimate of drug-likeness (QED) is 0.721. The molecule has 1 aromatic heterocycles. The summed E-state index contributed by atoms with van der Waals surface area (Å²) in [5.41, 5.74) is -0.607. The molecule has 0 aliphatic carbocycles. The number of hydrogen-bond donors (Lipinski definition) is 1. The number of piperidine rings is 1. The lowest BCUT2D eigenvalue weighted by Gasteiger charge is -2.35. The normalized spacial score (nSPS) is 17.6. The van der Waals surface area contributed by atoms with Crippen LogP contribution in [-0.4, -0.2) is 46.3 Å². The maximum atomic E-state index is 13.3. The second-order valence-corrected chi connectivity index (χ2v) is 8.32. The van der Waals surface area contributed by atoms with Gasteiger partial charge in [-0.25, -0.2) is 4.98 Å². The minimum atomic E-state index is -4.50. The second kappa shape index (κ2) is 8.90. The standard InChI is InChI=1S/C22H27F3N2O4/c1-14-19(21(2,3)29)26-18(31-14)12-15-8-6-7-11-27(15)20(28)16-9-4-5-10-17(16)30-13-22(23,24)25/h4-5,9-10,15,29H,6-8,11-13H2,1-3H3/t15-/m1/s1. The summed E-state index contributed by atoms with van der Waals surface area (Å²) in [7, 11) is 0. The first-order chi connectivity index (χ1) is 14.5. The number of aryl methyl sites for hydroxylation is 1. The molecular weight excluding hydrogens is 413 g/mol. The average Bonchev–Trinajstić information content (AvgIpc) is 3.06. The molecule has 1 aliphatic heterocycles. The van der Waals surface area contributed by atoms with Crippen LogP contribution in [0.15, 0.2) is 28.7 Å². The first kappa shape index (κ1) is 23.1. The van der Waals surface area contributed by atoms with Gasteiger partial charge in [0.15, 0.2) is 12.5 Å². The van der Waals surface area contributed by atoms with Crippen LogP contribution in [0.1, 0.15) is 60.8 Å². The highest BCUT2D eigenvalue weighted by Gasteiger charge is 2.33. The fraction of sp³-hybridized carbons (Fsp3) is 0.545. The van der Waals surface area contributed by atoms with E-state index in [1.807, 2.05) is 0 Å². The van der Waals surface area contributed by atoms with Crippen LogP contribution in [0, 0.1) is 6.92 Å². The number of ether oxygens (including phenoxy) is 1. The van der Waals surface area contributed by atoms with Crippen LogP contribution in [0.4, 0.5) is 13.2 Å². The van der Waals surface area contributed by atoms with Crippen molar-refractivity contribution in [1.29, 1.82) is 0 Å². The predicted octanol–water partition coefficient (Wildman–Crippen LogP) is 4.39. The third-order valence-corrected chi connectivity index (χ3v) is 5.23. The van der Waals surface area contributed by atoms with Crippen molar-refractivity contribution in [1.82, 2.24) is 9.88 Å². The van der Waals surface area contributed by atoms with E-state index in [0.717, 1.165) is 19.3 Å². The highest BCUT2D eigenvalue weighted by Crippen LogP contribution is 2.29. The zero-order chi connectivity index (χ0) is 22.8. The number of alkyl halides is 3. The Kier molecular flexibility index (Phi) is 6.64. The first-order valence-corrected chi connectivity index (χ1v) is 10.2. The molecular formula is C22H27F3N2O4. The highest BCUT2D eigenvalue weighted by atomic mass is 19.4. The Morgan fingerprint density at radius 3 is 2.65 bits per heavy atom. The molecule has 1 atom stereocenters. The number of halogens is 3. The number of hydrogen-bond acceptors (Lipinski definition) is 5. The lowest BCUT2D eigenvalue weighted by Crippen LogP contribution is -2.45. The molecule has 3 rings (SSSR count). The van der Waals surface area contributed by atoms with E-state index in [1.165, 1.54) is 18.2 Å². The molecule has 2 aromatic rings. The third-order valence-electron chi connectivity index (χ3n) is 5.23. The number of carbonyl (C=O) groups is 1. The van der Waals surface area contributed by atoms with Crippen LogP contribution < -0.4 is 4.74 Å². The Balaban J connectivity index is 1.81. The summed E-state index contributed by atoms with van der Waals surface area (Å²) in [5, 5.41) is 10.2. The van der Waals surface area contributed by atoms with Gasteiger partial charge >= 0.3 is 6.18 Å². The number of likely N-dealkylation sites (tertiary alicyclic amines) is 1. The number of amides is 1. The van der Waals surface area contributed by atoms with Gasteiger partial charge in [0.05, 0.1) is 5.56 Å². The number of nitrogens with zero attached hydrogens (tertiary/aromatic N) is 2. The lowest BCUT2D eigenvalue weighted by atomic mass is 9.98. The van der Waals surface area contributed by atoms with Gasteiger partial charge in [0.1, 0.15) is 22.8 Å². The largest absolute Gasteiger partial charge is 0.483 e.